The molecule has 0 spiro atoms. The van der Waals surface area contributed by atoms with Crippen LogP contribution in [0.2, 0.25) is 0 Å². The summed E-state index contributed by atoms with van der Waals surface area (Å²) in [5.41, 5.74) is 0.955. The van der Waals surface area contributed by atoms with Crippen LogP contribution >= 0.6 is 0 Å². The zero-order valence-corrected chi connectivity index (χ0v) is 21.8. The van der Waals surface area contributed by atoms with E-state index in [1.54, 1.807) is 0 Å². The van der Waals surface area contributed by atoms with Crippen LogP contribution in [0.15, 0.2) is 11.6 Å². The van der Waals surface area contributed by atoms with Gasteiger partial charge >= 0.3 is 5.97 Å². The van der Waals surface area contributed by atoms with Gasteiger partial charge < -0.3 is 14.9 Å². The zero-order valence-electron chi connectivity index (χ0n) is 21.8. The molecule has 10 unspecified atom stereocenters. The normalized spacial score (nSPS) is 45.6. The van der Waals surface area contributed by atoms with Gasteiger partial charge in [-0.3, -0.25) is 4.79 Å². The van der Waals surface area contributed by atoms with Gasteiger partial charge in [-0.15, -0.1) is 0 Å². The molecular formula is C29H48O4. The second kappa shape index (κ2) is 9.30. The maximum Gasteiger partial charge on any atom is 0.302 e. The number of rotatable bonds is 6. The van der Waals surface area contributed by atoms with Crippen LogP contribution < -0.4 is 0 Å². The van der Waals surface area contributed by atoms with Gasteiger partial charge in [-0.25, -0.2) is 0 Å². The Bertz CT molecular complexity index is 759. The molecule has 0 aliphatic heterocycles. The van der Waals surface area contributed by atoms with Gasteiger partial charge in [0.2, 0.25) is 0 Å². The number of hydrogen-bond donors (Lipinski definition) is 2. The lowest BCUT2D eigenvalue weighted by Crippen LogP contribution is -2.61. The Morgan fingerprint density at radius 2 is 1.91 bits per heavy atom. The number of hydrogen-bond acceptors (Lipinski definition) is 4. The Morgan fingerprint density at radius 3 is 2.58 bits per heavy atom. The summed E-state index contributed by atoms with van der Waals surface area (Å²) in [7, 11) is 0. The summed E-state index contributed by atoms with van der Waals surface area (Å²) in [6.45, 7) is 13.3. The van der Waals surface area contributed by atoms with E-state index in [4.69, 9.17) is 4.74 Å². The third-order valence-electron chi connectivity index (χ3n) is 10.6. The van der Waals surface area contributed by atoms with E-state index >= 15 is 0 Å². The highest BCUT2D eigenvalue weighted by molar-refractivity contribution is 5.66. The molecule has 0 amide bonds. The van der Waals surface area contributed by atoms with E-state index in [9.17, 15) is 15.0 Å². The standard InChI is InChI=1S/C29H48O4/c1-17(2)8-7-9-18(3)23-12-13-24-22-11-10-20-14-21(31)15-26(32)29(20,6)27(22)25(33-19(4)30)16-28(23,24)5/h10,17-18,21-27,31-32H,7-9,11-16H2,1-6H3. The predicted molar refractivity (Wildman–Crippen MR) is 131 cm³/mol. The van der Waals surface area contributed by atoms with Crippen molar-refractivity contribution in [1.82, 2.24) is 0 Å². The molecular weight excluding hydrogens is 412 g/mol. The van der Waals surface area contributed by atoms with Gasteiger partial charge in [0.05, 0.1) is 12.2 Å². The van der Waals surface area contributed by atoms with E-state index in [-0.39, 0.29) is 23.4 Å². The van der Waals surface area contributed by atoms with E-state index in [0.717, 1.165) is 18.8 Å². The van der Waals surface area contributed by atoms with Crippen LogP contribution in [0.5, 0.6) is 0 Å². The van der Waals surface area contributed by atoms with Crippen LogP contribution in [-0.4, -0.2) is 34.5 Å². The molecule has 10 atom stereocenters. The van der Waals surface area contributed by atoms with Crippen LogP contribution in [-0.2, 0) is 9.53 Å². The Kier molecular flexibility index (Phi) is 7.11. The molecule has 4 rings (SSSR count). The largest absolute Gasteiger partial charge is 0.462 e. The molecule has 4 nitrogen and oxygen atoms in total. The number of carbonyl (C=O) groups is 1. The molecule has 0 aromatic heterocycles. The summed E-state index contributed by atoms with van der Waals surface area (Å²) in [6.07, 6.45) is 10.5. The van der Waals surface area contributed by atoms with Crippen molar-refractivity contribution < 1.29 is 19.7 Å². The van der Waals surface area contributed by atoms with Crippen molar-refractivity contribution in [2.45, 2.75) is 118 Å². The SMILES string of the molecule is CC(=O)OC1CC2(C)C(C(C)CCCC(C)C)CCC2C2CC=C3CC(O)CC(O)C3(C)C12. The minimum atomic E-state index is -0.588. The van der Waals surface area contributed by atoms with Crippen molar-refractivity contribution in [3.8, 4) is 0 Å². The van der Waals surface area contributed by atoms with Gasteiger partial charge in [0.25, 0.3) is 0 Å². The summed E-state index contributed by atoms with van der Waals surface area (Å²) in [5.74, 6) is 3.10. The quantitative estimate of drug-likeness (QED) is 0.382. The Morgan fingerprint density at radius 1 is 1.18 bits per heavy atom. The highest BCUT2D eigenvalue weighted by Crippen LogP contribution is 2.67. The van der Waals surface area contributed by atoms with Crippen LogP contribution in [0.1, 0.15) is 99.3 Å². The fraction of sp³-hybridized carbons (Fsp3) is 0.897. The molecule has 2 N–H and O–H groups in total. The second-order valence-electron chi connectivity index (χ2n) is 13.0. The Labute approximate surface area is 201 Å². The summed E-state index contributed by atoms with van der Waals surface area (Å²) < 4.78 is 6.12. The van der Waals surface area contributed by atoms with Gasteiger partial charge in [-0.1, -0.05) is 65.5 Å². The lowest BCUT2D eigenvalue weighted by Gasteiger charge is -2.61. The molecule has 3 saturated carbocycles. The second-order valence-corrected chi connectivity index (χ2v) is 13.0. The monoisotopic (exact) mass is 460 g/mol. The number of aliphatic hydroxyl groups is 2. The van der Waals surface area contributed by atoms with Gasteiger partial charge in [0.15, 0.2) is 0 Å². The number of ether oxygens (including phenoxy) is 1. The summed E-state index contributed by atoms with van der Waals surface area (Å²) in [5, 5.41) is 21.6. The van der Waals surface area contributed by atoms with Crippen molar-refractivity contribution in [3.05, 3.63) is 11.6 Å². The molecule has 0 saturated heterocycles. The highest BCUT2D eigenvalue weighted by atomic mass is 16.5. The highest BCUT2D eigenvalue weighted by Gasteiger charge is 2.64. The van der Waals surface area contributed by atoms with Crippen LogP contribution in [0.25, 0.3) is 0 Å². The first-order chi connectivity index (χ1) is 15.5. The first-order valence-electron chi connectivity index (χ1n) is 13.7. The van der Waals surface area contributed by atoms with Gasteiger partial charge in [0, 0.05) is 24.7 Å². The molecule has 4 aliphatic rings. The Balaban J connectivity index is 1.65. The predicted octanol–water partition coefficient (Wildman–Crippen LogP) is 5.90. The molecule has 4 aliphatic carbocycles. The van der Waals surface area contributed by atoms with E-state index in [1.807, 2.05) is 0 Å². The maximum absolute atomic E-state index is 12.3. The number of allylic oxidation sites excluding steroid dienone is 1. The average molecular weight is 461 g/mol. The van der Waals surface area contributed by atoms with Crippen molar-refractivity contribution >= 4 is 5.97 Å². The molecule has 4 heteroatoms. The van der Waals surface area contributed by atoms with Crippen LogP contribution in [0.3, 0.4) is 0 Å². The van der Waals surface area contributed by atoms with Crippen molar-refractivity contribution in [1.29, 1.82) is 0 Å². The first-order valence-corrected chi connectivity index (χ1v) is 13.7. The topological polar surface area (TPSA) is 66.8 Å². The third kappa shape index (κ3) is 4.33. The minimum absolute atomic E-state index is 0.136. The van der Waals surface area contributed by atoms with Crippen LogP contribution in [0.4, 0.5) is 0 Å². The van der Waals surface area contributed by atoms with E-state index in [0.29, 0.717) is 36.5 Å². The number of fused-ring (bicyclic) bond motifs is 5. The smallest absolute Gasteiger partial charge is 0.302 e. The van der Waals surface area contributed by atoms with Gasteiger partial charge in [-0.2, -0.15) is 0 Å². The molecule has 0 aromatic rings. The molecule has 3 fully saturated rings. The number of esters is 1. The lowest BCUT2D eigenvalue weighted by molar-refractivity contribution is -0.186. The summed E-state index contributed by atoms with van der Waals surface area (Å²) >= 11 is 0. The fourth-order valence-electron chi connectivity index (χ4n) is 9.13. The molecule has 33 heavy (non-hydrogen) atoms. The number of aliphatic hydroxyl groups excluding tert-OH is 2. The van der Waals surface area contributed by atoms with Gasteiger partial charge in [-0.05, 0) is 67.1 Å². The maximum atomic E-state index is 12.3. The molecule has 0 aromatic carbocycles. The molecule has 0 heterocycles. The zero-order chi connectivity index (χ0) is 24.1. The number of carbonyl (C=O) groups excluding carboxylic acids is 1. The van der Waals surface area contributed by atoms with Crippen molar-refractivity contribution in [2.24, 2.45) is 46.3 Å². The summed E-state index contributed by atoms with van der Waals surface area (Å²) in [4.78, 5) is 12.3. The molecule has 0 radical (unpaired) electrons. The average Bonchev–Trinajstić information content (AvgIpc) is 3.05. The van der Waals surface area contributed by atoms with E-state index < -0.39 is 17.6 Å². The van der Waals surface area contributed by atoms with Crippen molar-refractivity contribution in [2.75, 3.05) is 0 Å². The molecule has 0 bridgehead atoms. The lowest BCUT2D eigenvalue weighted by atomic mass is 9.45. The van der Waals surface area contributed by atoms with Gasteiger partial charge in [0.1, 0.15) is 6.10 Å². The van der Waals surface area contributed by atoms with E-state index in [2.05, 4.69) is 40.7 Å². The molecule has 188 valence electrons. The van der Waals surface area contributed by atoms with E-state index in [1.165, 1.54) is 44.6 Å². The first kappa shape index (κ1) is 25.2. The van der Waals surface area contributed by atoms with Crippen LogP contribution in [0, 0.1) is 46.3 Å². The third-order valence-corrected chi connectivity index (χ3v) is 10.6. The Hall–Kier alpha value is -0.870. The summed E-state index contributed by atoms with van der Waals surface area (Å²) in [6, 6.07) is 0. The minimum Gasteiger partial charge on any atom is -0.462 e. The fourth-order valence-corrected chi connectivity index (χ4v) is 9.13. The van der Waals surface area contributed by atoms with Crippen molar-refractivity contribution in [3.63, 3.8) is 0 Å².